The maximum Gasteiger partial charge on any atom is 0.0606 e. The van der Waals surface area contributed by atoms with E-state index in [2.05, 4.69) is 41.4 Å². The van der Waals surface area contributed by atoms with Gasteiger partial charge < -0.3 is 10.4 Å². The van der Waals surface area contributed by atoms with E-state index in [1.54, 1.807) is 0 Å². The van der Waals surface area contributed by atoms with Crippen LogP contribution in [0, 0.1) is 0 Å². The maximum absolute atomic E-state index is 9.85. The Morgan fingerprint density at radius 3 is 1.96 bits per heavy atom. The van der Waals surface area contributed by atoms with Crippen LogP contribution < -0.4 is 5.32 Å². The van der Waals surface area contributed by atoms with E-state index in [-0.39, 0.29) is 31.1 Å². The minimum absolute atomic E-state index is 0. The quantitative estimate of drug-likeness (QED) is 0.807. The molecule has 6 heteroatoms. The van der Waals surface area contributed by atoms with Gasteiger partial charge in [0.25, 0.3) is 0 Å². The van der Waals surface area contributed by atoms with E-state index >= 15 is 0 Å². The third kappa shape index (κ3) is 4.88. The molecule has 3 rings (SSSR count). The van der Waals surface area contributed by atoms with Crippen LogP contribution >= 0.6 is 35.6 Å². The number of nitrogens with one attached hydrogen (secondary N) is 1. The lowest BCUT2D eigenvalue weighted by Crippen LogP contribution is -2.57. The molecule has 136 valence electrons. The number of nitrogens with zero attached hydrogens (tertiary/aromatic N) is 1. The Balaban J connectivity index is 0.00000225. The molecule has 0 aliphatic carbocycles. The lowest BCUT2D eigenvalue weighted by atomic mass is 9.94. The number of rotatable bonds is 4. The van der Waals surface area contributed by atoms with Crippen LogP contribution in [-0.2, 0) is 0 Å². The van der Waals surface area contributed by atoms with E-state index < -0.39 is 0 Å². The minimum atomic E-state index is 0. The van der Waals surface area contributed by atoms with Crippen LogP contribution in [0.5, 0.6) is 0 Å². The molecule has 0 saturated carbocycles. The summed E-state index contributed by atoms with van der Waals surface area (Å²) in [6, 6.07) is 16.4. The van der Waals surface area contributed by atoms with Crippen LogP contribution in [0.4, 0.5) is 0 Å². The Bertz CT molecular complexity index is 618. The van der Waals surface area contributed by atoms with Crippen molar-refractivity contribution in [2.45, 2.75) is 25.0 Å². The van der Waals surface area contributed by atoms with Gasteiger partial charge in [0.05, 0.1) is 12.6 Å². The zero-order valence-corrected chi connectivity index (χ0v) is 16.4. The van der Waals surface area contributed by atoms with Crippen molar-refractivity contribution in [2.75, 3.05) is 19.7 Å². The third-order valence-corrected chi connectivity index (χ3v) is 5.07. The van der Waals surface area contributed by atoms with Gasteiger partial charge in [0.1, 0.15) is 0 Å². The topological polar surface area (TPSA) is 35.5 Å². The van der Waals surface area contributed by atoms with Crippen LogP contribution in [-0.4, -0.2) is 41.8 Å². The fraction of sp³-hybridized carbons (Fsp3) is 0.368. The van der Waals surface area contributed by atoms with Gasteiger partial charge in [-0.05, 0) is 42.3 Å². The molecule has 2 N–H and O–H groups in total. The molecule has 2 aromatic carbocycles. The summed E-state index contributed by atoms with van der Waals surface area (Å²) >= 11 is 12.1. The summed E-state index contributed by atoms with van der Waals surface area (Å²) in [5.74, 6) is 0. The molecule has 1 aliphatic rings. The maximum atomic E-state index is 9.85. The van der Waals surface area contributed by atoms with Crippen molar-refractivity contribution >= 4 is 35.6 Å². The molecule has 0 radical (unpaired) electrons. The molecule has 0 unspecified atom stereocenters. The van der Waals surface area contributed by atoms with Crippen molar-refractivity contribution in [3.8, 4) is 0 Å². The zero-order chi connectivity index (χ0) is 17.1. The summed E-state index contributed by atoms with van der Waals surface area (Å²) in [5.41, 5.74) is 2.32. The molecule has 3 nitrogen and oxygen atoms in total. The van der Waals surface area contributed by atoms with Crippen molar-refractivity contribution in [1.82, 2.24) is 10.2 Å². The van der Waals surface area contributed by atoms with Crippen molar-refractivity contribution in [1.29, 1.82) is 0 Å². The molecule has 2 atom stereocenters. The largest absolute Gasteiger partial charge is 0.395 e. The first-order valence-electron chi connectivity index (χ1n) is 8.19. The van der Waals surface area contributed by atoms with Gasteiger partial charge in [0.15, 0.2) is 0 Å². The monoisotopic (exact) mass is 400 g/mol. The van der Waals surface area contributed by atoms with Gasteiger partial charge in [0.2, 0.25) is 0 Å². The molecule has 1 heterocycles. The SMILES string of the molecule is C[C@H]1CN(C(c2ccc(Cl)cc2)c2ccc(Cl)cc2)[C@H](CO)CN1.Cl. The lowest BCUT2D eigenvalue weighted by molar-refractivity contribution is 0.0602. The molecule has 1 saturated heterocycles. The summed E-state index contributed by atoms with van der Waals surface area (Å²) < 4.78 is 0. The van der Waals surface area contributed by atoms with Crippen LogP contribution in [0.1, 0.15) is 24.1 Å². The molecular weight excluding hydrogens is 379 g/mol. The zero-order valence-electron chi connectivity index (χ0n) is 14.0. The number of halogens is 3. The highest BCUT2D eigenvalue weighted by Crippen LogP contribution is 2.33. The van der Waals surface area contributed by atoms with Gasteiger partial charge in [0, 0.05) is 35.2 Å². The van der Waals surface area contributed by atoms with Gasteiger partial charge in [-0.2, -0.15) is 0 Å². The van der Waals surface area contributed by atoms with Gasteiger partial charge in [-0.3, -0.25) is 4.90 Å². The summed E-state index contributed by atoms with van der Waals surface area (Å²) in [4.78, 5) is 2.37. The lowest BCUT2D eigenvalue weighted by Gasteiger charge is -2.43. The summed E-state index contributed by atoms with van der Waals surface area (Å²) in [6.07, 6.45) is 0. The number of benzene rings is 2. The molecule has 25 heavy (non-hydrogen) atoms. The third-order valence-electron chi connectivity index (χ3n) is 4.57. The van der Waals surface area contributed by atoms with E-state index in [1.165, 1.54) is 0 Å². The highest BCUT2D eigenvalue weighted by Gasteiger charge is 2.32. The predicted octanol–water partition coefficient (Wildman–Crippen LogP) is 4.16. The molecule has 1 aliphatic heterocycles. The Labute approximate surface area is 165 Å². The second kappa shape index (κ2) is 9.22. The average Bonchev–Trinajstić information content (AvgIpc) is 2.59. The molecule has 0 bridgehead atoms. The van der Waals surface area contributed by atoms with E-state index in [1.807, 2.05) is 24.3 Å². The Kier molecular flexibility index (Phi) is 7.56. The predicted molar refractivity (Wildman–Crippen MR) is 107 cm³/mol. The van der Waals surface area contributed by atoms with Crippen LogP contribution in [0.2, 0.25) is 10.0 Å². The number of piperazine rings is 1. The molecule has 0 amide bonds. The summed E-state index contributed by atoms with van der Waals surface area (Å²) in [7, 11) is 0. The molecule has 0 spiro atoms. The Morgan fingerprint density at radius 1 is 1.04 bits per heavy atom. The van der Waals surface area contributed by atoms with E-state index in [4.69, 9.17) is 23.2 Å². The number of hydrogen-bond acceptors (Lipinski definition) is 3. The highest BCUT2D eigenvalue weighted by molar-refractivity contribution is 6.30. The number of hydrogen-bond donors (Lipinski definition) is 2. The molecule has 2 aromatic rings. The second-order valence-corrected chi connectivity index (χ2v) is 7.22. The average molecular weight is 402 g/mol. The van der Waals surface area contributed by atoms with Crippen molar-refractivity contribution in [3.63, 3.8) is 0 Å². The van der Waals surface area contributed by atoms with E-state index in [9.17, 15) is 5.11 Å². The van der Waals surface area contributed by atoms with Crippen LogP contribution in [0.15, 0.2) is 48.5 Å². The highest BCUT2D eigenvalue weighted by atomic mass is 35.5. The second-order valence-electron chi connectivity index (χ2n) is 6.35. The Hall–Kier alpha value is -0.810. The standard InChI is InChI=1S/C19H22Cl2N2O.ClH/c1-13-11-23(18(12-24)10-22-13)19(14-2-6-16(20)7-3-14)15-4-8-17(21)9-5-15;/h2-9,13,18-19,22,24H,10-12H2,1H3;1H/t13-,18-;/m0./s1. The van der Waals surface area contributed by atoms with E-state index in [0.29, 0.717) is 6.04 Å². The van der Waals surface area contributed by atoms with E-state index in [0.717, 1.165) is 34.3 Å². The molecule has 0 aromatic heterocycles. The molecular formula is C19H23Cl3N2O. The summed E-state index contributed by atoms with van der Waals surface area (Å²) in [5, 5.41) is 14.7. The number of aliphatic hydroxyl groups is 1. The van der Waals surface area contributed by atoms with Crippen molar-refractivity contribution in [2.24, 2.45) is 0 Å². The van der Waals surface area contributed by atoms with Crippen LogP contribution in [0.3, 0.4) is 0 Å². The van der Waals surface area contributed by atoms with Gasteiger partial charge >= 0.3 is 0 Å². The minimum Gasteiger partial charge on any atom is -0.395 e. The first-order chi connectivity index (χ1) is 11.6. The van der Waals surface area contributed by atoms with Gasteiger partial charge in [-0.25, -0.2) is 0 Å². The fourth-order valence-corrected chi connectivity index (χ4v) is 3.59. The smallest absolute Gasteiger partial charge is 0.0606 e. The van der Waals surface area contributed by atoms with Crippen molar-refractivity contribution in [3.05, 3.63) is 69.7 Å². The summed E-state index contributed by atoms with van der Waals surface area (Å²) in [6.45, 7) is 3.93. The first-order valence-corrected chi connectivity index (χ1v) is 8.95. The first kappa shape index (κ1) is 20.5. The van der Waals surface area contributed by atoms with Gasteiger partial charge in [-0.15, -0.1) is 12.4 Å². The van der Waals surface area contributed by atoms with Crippen LogP contribution in [0.25, 0.3) is 0 Å². The Morgan fingerprint density at radius 2 is 1.52 bits per heavy atom. The fourth-order valence-electron chi connectivity index (χ4n) is 3.34. The van der Waals surface area contributed by atoms with Gasteiger partial charge in [-0.1, -0.05) is 47.5 Å². The normalized spacial score (nSPS) is 21.2. The van der Waals surface area contributed by atoms with Crippen molar-refractivity contribution < 1.29 is 5.11 Å². The molecule has 1 fully saturated rings. The number of aliphatic hydroxyl groups excluding tert-OH is 1.